The summed E-state index contributed by atoms with van der Waals surface area (Å²) in [5.41, 5.74) is 13.3. The Morgan fingerprint density at radius 3 is 2.33 bits per heavy atom. The molecular formula is C45H31N5O. The predicted octanol–water partition coefficient (Wildman–Crippen LogP) is 10.4. The highest BCUT2D eigenvalue weighted by atomic mass is 16.3. The number of aliphatic imine (C=N–C) groups is 1. The van der Waals surface area contributed by atoms with Crippen molar-refractivity contribution in [3.63, 3.8) is 0 Å². The summed E-state index contributed by atoms with van der Waals surface area (Å²) < 4.78 is 8.73. The largest absolute Gasteiger partial charge is 0.456 e. The van der Waals surface area contributed by atoms with Gasteiger partial charge in [0.1, 0.15) is 28.5 Å². The van der Waals surface area contributed by atoms with Gasteiger partial charge in [0.05, 0.1) is 28.3 Å². The first-order chi connectivity index (χ1) is 25.0. The number of benzene rings is 6. The summed E-state index contributed by atoms with van der Waals surface area (Å²) in [5, 5.41) is 6.93. The Labute approximate surface area is 293 Å². The van der Waals surface area contributed by atoms with E-state index in [1.54, 1.807) is 0 Å². The number of imidazole rings is 1. The summed E-state index contributed by atoms with van der Waals surface area (Å²) in [6.07, 6.45) is 0. The van der Waals surface area contributed by atoms with Crippen molar-refractivity contribution in [2.24, 2.45) is 4.99 Å². The van der Waals surface area contributed by atoms with Gasteiger partial charge in [0.25, 0.3) is 0 Å². The van der Waals surface area contributed by atoms with Crippen LogP contribution in [0.3, 0.4) is 0 Å². The molecule has 0 spiro atoms. The molecule has 11 rings (SSSR count). The number of nitrogens with zero attached hydrogens (tertiary/aromatic N) is 4. The predicted molar refractivity (Wildman–Crippen MR) is 206 cm³/mol. The molecule has 1 aliphatic heterocycles. The average Bonchev–Trinajstić information content (AvgIpc) is 3.83. The fourth-order valence-electron chi connectivity index (χ4n) is 8.43. The van der Waals surface area contributed by atoms with E-state index in [0.717, 1.165) is 78.0 Å². The van der Waals surface area contributed by atoms with Crippen LogP contribution >= 0.6 is 0 Å². The van der Waals surface area contributed by atoms with Crippen LogP contribution in [-0.2, 0) is 5.41 Å². The van der Waals surface area contributed by atoms with Gasteiger partial charge in [0.2, 0.25) is 0 Å². The molecule has 0 fully saturated rings. The summed E-state index contributed by atoms with van der Waals surface area (Å²) >= 11 is 0. The van der Waals surface area contributed by atoms with Crippen LogP contribution in [0.5, 0.6) is 0 Å². The number of aromatic nitrogens is 3. The lowest BCUT2D eigenvalue weighted by molar-refractivity contribution is 0.621. The Hall–Kier alpha value is -6.53. The standard InChI is InChI=1S/C45H31N5O/c1-45(2)32-18-8-6-15-28(32)39-40(26-13-4-3-5-14-26)48-42(49-41(39)45)27-23-24-36-31(25-27)38-30(17-12-22-37(38)51-36)44-46-33-19-9-7-16-29(33)43-47-34-20-10-11-21-35(34)50(43)44/h3-25,40H,1-2H3,(H,48,49). The molecule has 0 saturated carbocycles. The summed E-state index contributed by atoms with van der Waals surface area (Å²) in [6.45, 7) is 4.58. The maximum absolute atomic E-state index is 6.54. The molecule has 6 nitrogen and oxygen atoms in total. The van der Waals surface area contributed by atoms with Crippen molar-refractivity contribution < 1.29 is 4.42 Å². The van der Waals surface area contributed by atoms with Crippen molar-refractivity contribution in [3.8, 4) is 11.4 Å². The minimum Gasteiger partial charge on any atom is -0.456 e. The summed E-state index contributed by atoms with van der Waals surface area (Å²) in [7, 11) is 0. The van der Waals surface area contributed by atoms with E-state index in [9.17, 15) is 0 Å². The van der Waals surface area contributed by atoms with E-state index in [0.29, 0.717) is 0 Å². The van der Waals surface area contributed by atoms with Gasteiger partial charge in [0.15, 0.2) is 0 Å². The summed E-state index contributed by atoms with van der Waals surface area (Å²) in [4.78, 5) is 15.8. The van der Waals surface area contributed by atoms with Crippen molar-refractivity contribution in [2.75, 3.05) is 0 Å². The van der Waals surface area contributed by atoms with Crippen LogP contribution in [0.25, 0.3) is 66.5 Å². The van der Waals surface area contributed by atoms with Crippen LogP contribution in [0.1, 0.15) is 42.1 Å². The fourth-order valence-corrected chi connectivity index (χ4v) is 8.43. The molecular weight excluding hydrogens is 627 g/mol. The molecule has 1 aliphatic carbocycles. The third-order valence-corrected chi connectivity index (χ3v) is 10.8. The third kappa shape index (κ3) is 3.96. The molecule has 3 aromatic heterocycles. The SMILES string of the molecule is CC1(C)C2=C(c3ccccc31)C(c1ccccc1)NC(c1ccc3oc4cccc(-c5nc6ccccc6c6nc7ccccc7n56)c4c3c1)=N2. The van der Waals surface area contributed by atoms with Gasteiger partial charge in [-0.3, -0.25) is 4.40 Å². The first-order valence-electron chi connectivity index (χ1n) is 17.4. The van der Waals surface area contributed by atoms with E-state index in [4.69, 9.17) is 19.4 Å². The molecule has 0 saturated heterocycles. The average molecular weight is 658 g/mol. The minimum absolute atomic E-state index is 0.0476. The van der Waals surface area contributed by atoms with Crippen molar-refractivity contribution in [1.29, 1.82) is 0 Å². The molecule has 242 valence electrons. The molecule has 9 aromatic rings. The van der Waals surface area contributed by atoms with Gasteiger partial charge in [-0.25, -0.2) is 15.0 Å². The molecule has 1 atom stereocenters. The molecule has 0 bridgehead atoms. The van der Waals surface area contributed by atoms with Gasteiger partial charge < -0.3 is 9.73 Å². The van der Waals surface area contributed by atoms with Crippen molar-refractivity contribution in [2.45, 2.75) is 25.3 Å². The molecule has 0 radical (unpaired) electrons. The van der Waals surface area contributed by atoms with Crippen LogP contribution in [0.15, 0.2) is 155 Å². The number of rotatable bonds is 3. The van der Waals surface area contributed by atoms with E-state index < -0.39 is 0 Å². The quantitative estimate of drug-likeness (QED) is 0.205. The highest BCUT2D eigenvalue weighted by Crippen LogP contribution is 2.52. The first kappa shape index (κ1) is 28.3. The monoisotopic (exact) mass is 657 g/mol. The fraction of sp³-hybridized carbons (Fsp3) is 0.0889. The molecule has 6 heteroatoms. The number of fused-ring (bicyclic) bond motifs is 10. The molecule has 4 heterocycles. The smallest absolute Gasteiger partial charge is 0.149 e. The number of hydrogen-bond acceptors (Lipinski definition) is 5. The van der Waals surface area contributed by atoms with E-state index in [1.165, 1.54) is 22.3 Å². The maximum Gasteiger partial charge on any atom is 0.149 e. The molecule has 2 aliphatic rings. The van der Waals surface area contributed by atoms with Crippen LogP contribution in [0.2, 0.25) is 0 Å². The molecule has 1 unspecified atom stereocenters. The number of furan rings is 1. The normalized spacial score (nSPS) is 16.6. The number of amidine groups is 1. The lowest BCUT2D eigenvalue weighted by Gasteiger charge is -2.30. The molecule has 6 aromatic carbocycles. The van der Waals surface area contributed by atoms with Crippen molar-refractivity contribution >= 4 is 60.9 Å². The van der Waals surface area contributed by atoms with Gasteiger partial charge in [-0.15, -0.1) is 0 Å². The minimum atomic E-state index is -0.243. The Kier molecular flexibility index (Phi) is 5.69. The second kappa shape index (κ2) is 10.2. The lowest BCUT2D eigenvalue weighted by Crippen LogP contribution is -2.34. The third-order valence-electron chi connectivity index (χ3n) is 10.8. The number of nitrogens with one attached hydrogen (secondary N) is 1. The van der Waals surface area contributed by atoms with Gasteiger partial charge in [-0.2, -0.15) is 0 Å². The summed E-state index contributed by atoms with van der Waals surface area (Å²) in [6, 6.07) is 48.6. The van der Waals surface area contributed by atoms with Gasteiger partial charge in [-0.1, -0.05) is 105 Å². The number of hydrogen-bond donors (Lipinski definition) is 1. The van der Waals surface area contributed by atoms with Gasteiger partial charge in [-0.05, 0) is 65.2 Å². The van der Waals surface area contributed by atoms with E-state index >= 15 is 0 Å². The molecule has 0 amide bonds. The Morgan fingerprint density at radius 1 is 0.667 bits per heavy atom. The number of allylic oxidation sites excluding steroid dienone is 1. The van der Waals surface area contributed by atoms with Gasteiger partial charge in [0, 0.05) is 38.3 Å². The van der Waals surface area contributed by atoms with Gasteiger partial charge >= 0.3 is 0 Å². The Balaban J connectivity index is 1.15. The zero-order chi connectivity index (χ0) is 33.8. The highest BCUT2D eigenvalue weighted by molar-refractivity contribution is 6.15. The Bertz CT molecular complexity index is 2980. The first-order valence-corrected chi connectivity index (χ1v) is 17.4. The highest BCUT2D eigenvalue weighted by Gasteiger charge is 2.43. The van der Waals surface area contributed by atoms with Crippen LogP contribution in [-0.4, -0.2) is 20.2 Å². The van der Waals surface area contributed by atoms with Crippen LogP contribution < -0.4 is 5.32 Å². The topological polar surface area (TPSA) is 67.7 Å². The van der Waals surface area contributed by atoms with E-state index in [1.807, 2.05) is 30.3 Å². The van der Waals surface area contributed by atoms with Crippen molar-refractivity contribution in [1.82, 2.24) is 19.7 Å². The van der Waals surface area contributed by atoms with E-state index in [2.05, 4.69) is 133 Å². The maximum atomic E-state index is 6.54. The summed E-state index contributed by atoms with van der Waals surface area (Å²) in [5.74, 6) is 1.68. The second-order valence-corrected chi connectivity index (χ2v) is 14.1. The van der Waals surface area contributed by atoms with E-state index in [-0.39, 0.29) is 11.5 Å². The van der Waals surface area contributed by atoms with Crippen LogP contribution in [0, 0.1) is 0 Å². The Morgan fingerprint density at radius 2 is 1.43 bits per heavy atom. The van der Waals surface area contributed by atoms with Crippen LogP contribution in [0.4, 0.5) is 0 Å². The second-order valence-electron chi connectivity index (χ2n) is 14.1. The molecule has 1 N–H and O–H groups in total. The number of para-hydroxylation sites is 3. The zero-order valence-corrected chi connectivity index (χ0v) is 28.1. The zero-order valence-electron chi connectivity index (χ0n) is 28.1. The lowest BCUT2D eigenvalue weighted by atomic mass is 9.84. The molecule has 51 heavy (non-hydrogen) atoms. The van der Waals surface area contributed by atoms with Crippen molar-refractivity contribution in [3.05, 3.63) is 167 Å².